The second-order valence-corrected chi connectivity index (χ2v) is 6.93. The minimum Gasteiger partial charge on any atom is -0.480 e. The Labute approximate surface area is 169 Å². The van der Waals surface area contributed by atoms with Gasteiger partial charge in [-0.1, -0.05) is 74.5 Å². The van der Waals surface area contributed by atoms with Crippen molar-refractivity contribution >= 4 is 18.2 Å². The number of hydrogen-bond acceptors (Lipinski definition) is 5. The Balaban J connectivity index is 2.15. The highest BCUT2D eigenvalue weighted by molar-refractivity contribution is 5.93. The third-order valence-corrected chi connectivity index (χ3v) is 4.10. The van der Waals surface area contributed by atoms with Crippen LogP contribution in [0.3, 0.4) is 0 Å². The van der Waals surface area contributed by atoms with E-state index in [4.69, 9.17) is 9.47 Å². The second kappa shape index (κ2) is 10.8. The SMILES string of the molecule is CC(C)C[C@H](C(=O)O)N(C(=O)OCc1ccccc1)C(=O)OCc1ccccc1. The number of carboxylic acid groups (broad SMARTS) is 1. The molecule has 7 heteroatoms. The van der Waals surface area contributed by atoms with Crippen LogP contribution in [0.5, 0.6) is 0 Å². The van der Waals surface area contributed by atoms with Gasteiger partial charge in [-0.15, -0.1) is 0 Å². The number of amides is 2. The Hall–Kier alpha value is -3.35. The van der Waals surface area contributed by atoms with E-state index in [9.17, 15) is 19.5 Å². The highest BCUT2D eigenvalue weighted by Gasteiger charge is 2.37. The summed E-state index contributed by atoms with van der Waals surface area (Å²) in [5.41, 5.74) is 1.43. The maximum Gasteiger partial charge on any atom is 0.420 e. The summed E-state index contributed by atoms with van der Waals surface area (Å²) < 4.78 is 10.4. The van der Waals surface area contributed by atoms with Crippen LogP contribution in [0.4, 0.5) is 9.59 Å². The van der Waals surface area contributed by atoms with Crippen LogP contribution in [-0.2, 0) is 27.5 Å². The van der Waals surface area contributed by atoms with Crippen molar-refractivity contribution in [2.24, 2.45) is 5.92 Å². The first-order valence-corrected chi connectivity index (χ1v) is 9.32. The predicted molar refractivity (Wildman–Crippen MR) is 106 cm³/mol. The molecule has 2 rings (SSSR count). The highest BCUT2D eigenvalue weighted by atomic mass is 16.6. The number of hydrogen-bond donors (Lipinski definition) is 1. The van der Waals surface area contributed by atoms with E-state index in [2.05, 4.69) is 0 Å². The van der Waals surface area contributed by atoms with Gasteiger partial charge in [0.05, 0.1) is 0 Å². The van der Waals surface area contributed by atoms with Gasteiger partial charge < -0.3 is 14.6 Å². The number of imide groups is 1. The van der Waals surface area contributed by atoms with Gasteiger partial charge in [0.2, 0.25) is 0 Å². The second-order valence-electron chi connectivity index (χ2n) is 6.93. The third kappa shape index (κ3) is 6.95. The smallest absolute Gasteiger partial charge is 0.420 e. The lowest BCUT2D eigenvalue weighted by Crippen LogP contribution is -2.49. The molecule has 0 radical (unpaired) electrons. The summed E-state index contributed by atoms with van der Waals surface area (Å²) in [5.74, 6) is -1.37. The molecule has 0 heterocycles. The summed E-state index contributed by atoms with van der Waals surface area (Å²) in [5, 5.41) is 9.60. The number of benzene rings is 2. The normalized spacial score (nSPS) is 11.6. The number of ether oxygens (including phenoxy) is 2. The van der Waals surface area contributed by atoms with Crippen LogP contribution in [-0.4, -0.2) is 34.2 Å². The minimum atomic E-state index is -1.39. The molecule has 0 aliphatic carbocycles. The summed E-state index contributed by atoms with van der Waals surface area (Å²) in [6.45, 7) is 3.43. The largest absolute Gasteiger partial charge is 0.480 e. The fraction of sp³-hybridized carbons (Fsp3) is 0.318. The van der Waals surface area contributed by atoms with Gasteiger partial charge in [-0.3, -0.25) is 0 Å². The molecule has 0 spiro atoms. The third-order valence-electron chi connectivity index (χ3n) is 4.10. The highest BCUT2D eigenvalue weighted by Crippen LogP contribution is 2.17. The molecule has 1 N–H and O–H groups in total. The van der Waals surface area contributed by atoms with Gasteiger partial charge in [0.1, 0.15) is 19.3 Å². The Morgan fingerprint density at radius 2 is 1.24 bits per heavy atom. The van der Waals surface area contributed by atoms with E-state index >= 15 is 0 Å². The average Bonchev–Trinajstić information content (AvgIpc) is 2.71. The first-order valence-electron chi connectivity index (χ1n) is 9.32. The zero-order chi connectivity index (χ0) is 21.2. The van der Waals surface area contributed by atoms with Crippen molar-refractivity contribution in [2.45, 2.75) is 39.5 Å². The lowest BCUT2D eigenvalue weighted by Gasteiger charge is -2.27. The number of rotatable bonds is 8. The van der Waals surface area contributed by atoms with E-state index < -0.39 is 24.2 Å². The lowest BCUT2D eigenvalue weighted by atomic mass is 10.0. The molecule has 0 aliphatic rings. The van der Waals surface area contributed by atoms with Crippen molar-refractivity contribution in [1.29, 1.82) is 0 Å². The standard InChI is InChI=1S/C22H25NO6/c1-16(2)13-19(20(24)25)23(21(26)28-14-17-9-5-3-6-10-17)22(27)29-15-18-11-7-4-8-12-18/h3-12,16,19H,13-15H2,1-2H3,(H,24,25)/t19-/m1/s1. The molecule has 2 aromatic carbocycles. The quantitative estimate of drug-likeness (QED) is 0.704. The van der Waals surface area contributed by atoms with Gasteiger partial charge in [0, 0.05) is 0 Å². The molecule has 0 fully saturated rings. The van der Waals surface area contributed by atoms with Crippen LogP contribution in [0.2, 0.25) is 0 Å². The number of aliphatic carboxylic acids is 1. The van der Waals surface area contributed by atoms with E-state index in [1.54, 1.807) is 62.4 Å². The van der Waals surface area contributed by atoms with Crippen molar-refractivity contribution < 1.29 is 29.0 Å². The zero-order valence-corrected chi connectivity index (χ0v) is 16.5. The summed E-state index contributed by atoms with van der Waals surface area (Å²) in [6.07, 6.45) is -2.03. The molecular formula is C22H25NO6. The monoisotopic (exact) mass is 399 g/mol. The molecule has 1 atom stereocenters. The van der Waals surface area contributed by atoms with Gasteiger partial charge in [-0.2, -0.15) is 4.90 Å². The summed E-state index contributed by atoms with van der Waals surface area (Å²) >= 11 is 0. The molecule has 29 heavy (non-hydrogen) atoms. The maximum absolute atomic E-state index is 12.6. The maximum atomic E-state index is 12.6. The fourth-order valence-corrected chi connectivity index (χ4v) is 2.67. The Kier molecular flexibility index (Phi) is 8.21. The van der Waals surface area contributed by atoms with E-state index in [0.29, 0.717) is 16.0 Å². The number of carbonyl (C=O) groups excluding carboxylic acids is 2. The molecule has 154 valence electrons. The summed E-state index contributed by atoms with van der Waals surface area (Å²) in [4.78, 5) is 37.6. The summed E-state index contributed by atoms with van der Waals surface area (Å²) in [7, 11) is 0. The predicted octanol–water partition coefficient (Wildman–Crippen LogP) is 4.46. The molecule has 0 aromatic heterocycles. The molecule has 0 saturated carbocycles. The van der Waals surface area contributed by atoms with Crippen molar-refractivity contribution in [2.75, 3.05) is 0 Å². The van der Waals surface area contributed by atoms with E-state index in [1.165, 1.54) is 0 Å². The molecule has 0 aliphatic heterocycles. The van der Waals surface area contributed by atoms with Crippen LogP contribution < -0.4 is 0 Å². The fourth-order valence-electron chi connectivity index (χ4n) is 2.67. The van der Waals surface area contributed by atoms with E-state index in [1.807, 2.05) is 12.1 Å². The van der Waals surface area contributed by atoms with Gasteiger partial charge in [-0.05, 0) is 23.5 Å². The van der Waals surface area contributed by atoms with Gasteiger partial charge in [0.15, 0.2) is 0 Å². The molecular weight excluding hydrogens is 374 g/mol. The lowest BCUT2D eigenvalue weighted by molar-refractivity contribution is -0.143. The van der Waals surface area contributed by atoms with Crippen molar-refractivity contribution in [3.05, 3.63) is 71.8 Å². The van der Waals surface area contributed by atoms with Crippen LogP contribution >= 0.6 is 0 Å². The van der Waals surface area contributed by atoms with Crippen molar-refractivity contribution in [3.8, 4) is 0 Å². The molecule has 0 unspecified atom stereocenters. The summed E-state index contributed by atoms with van der Waals surface area (Å²) in [6, 6.07) is 16.4. The Bertz CT molecular complexity index is 751. The number of nitrogens with zero attached hydrogens (tertiary/aromatic N) is 1. The Morgan fingerprint density at radius 3 is 1.59 bits per heavy atom. The minimum absolute atomic E-state index is 0.0672. The molecule has 0 bridgehead atoms. The zero-order valence-electron chi connectivity index (χ0n) is 16.5. The van der Waals surface area contributed by atoms with Gasteiger partial charge in [0.25, 0.3) is 0 Å². The van der Waals surface area contributed by atoms with Crippen molar-refractivity contribution in [3.63, 3.8) is 0 Å². The number of carboxylic acids is 1. The average molecular weight is 399 g/mol. The van der Waals surface area contributed by atoms with E-state index in [-0.39, 0.29) is 25.6 Å². The first-order chi connectivity index (χ1) is 13.9. The first kappa shape index (κ1) is 21.9. The molecule has 7 nitrogen and oxygen atoms in total. The topological polar surface area (TPSA) is 93.1 Å². The van der Waals surface area contributed by atoms with Crippen LogP contribution in [0.1, 0.15) is 31.4 Å². The molecule has 2 amide bonds. The molecule has 0 saturated heterocycles. The Morgan fingerprint density at radius 1 is 0.828 bits per heavy atom. The van der Waals surface area contributed by atoms with Gasteiger partial charge >= 0.3 is 18.2 Å². The molecule has 2 aromatic rings. The number of carbonyl (C=O) groups is 3. The van der Waals surface area contributed by atoms with Crippen LogP contribution in [0.15, 0.2) is 60.7 Å². The van der Waals surface area contributed by atoms with Crippen LogP contribution in [0.25, 0.3) is 0 Å². The van der Waals surface area contributed by atoms with Gasteiger partial charge in [-0.25, -0.2) is 14.4 Å². The van der Waals surface area contributed by atoms with Crippen LogP contribution in [0, 0.1) is 5.92 Å². The van der Waals surface area contributed by atoms with E-state index in [0.717, 1.165) is 0 Å². The van der Waals surface area contributed by atoms with Crippen molar-refractivity contribution in [1.82, 2.24) is 4.90 Å².